The normalized spacial score (nSPS) is 15.8. The maximum Gasteiger partial charge on any atom is 0.142 e. The molecule has 1 unspecified atom stereocenters. The van der Waals surface area contributed by atoms with E-state index in [0.717, 1.165) is 43.9 Å². The number of phenolic OH excluding ortho intramolecular Hbond substituents is 1. The summed E-state index contributed by atoms with van der Waals surface area (Å²) in [6.07, 6.45) is 0.882. The van der Waals surface area contributed by atoms with Gasteiger partial charge in [-0.25, -0.2) is 0 Å². The van der Waals surface area contributed by atoms with Crippen LogP contribution >= 0.6 is 0 Å². The van der Waals surface area contributed by atoms with Crippen LogP contribution in [-0.2, 0) is 6.42 Å². The molecule has 4 rings (SSSR count). The Kier molecular flexibility index (Phi) is 6.01. The summed E-state index contributed by atoms with van der Waals surface area (Å²) >= 11 is 0. The van der Waals surface area contributed by atoms with Crippen LogP contribution in [0, 0.1) is 0 Å². The molecule has 4 heteroatoms. The van der Waals surface area contributed by atoms with Gasteiger partial charge in [-0.05, 0) is 41.8 Å². The third kappa shape index (κ3) is 4.54. The molecule has 150 valence electrons. The maximum atomic E-state index is 9.88. The molecule has 0 saturated carbocycles. The molecule has 4 nitrogen and oxygen atoms in total. The molecule has 1 aliphatic heterocycles. The van der Waals surface area contributed by atoms with Gasteiger partial charge in [-0.3, -0.25) is 4.90 Å². The first-order valence-electron chi connectivity index (χ1n) is 10.2. The molecule has 1 atom stereocenters. The van der Waals surface area contributed by atoms with E-state index >= 15 is 0 Å². The number of aromatic hydroxyl groups is 1. The van der Waals surface area contributed by atoms with Gasteiger partial charge in [0.2, 0.25) is 0 Å². The average Bonchev–Trinajstić information content (AvgIpc) is 2.78. The van der Waals surface area contributed by atoms with Crippen LogP contribution in [0.5, 0.6) is 11.5 Å². The van der Waals surface area contributed by atoms with Crippen molar-refractivity contribution in [3.8, 4) is 11.5 Å². The van der Waals surface area contributed by atoms with E-state index in [1.165, 1.54) is 11.3 Å². The van der Waals surface area contributed by atoms with Crippen molar-refractivity contribution in [2.75, 3.05) is 38.2 Å². The summed E-state index contributed by atoms with van der Waals surface area (Å²) in [5.74, 6) is 1.26. The number of phenols is 1. The first kappa shape index (κ1) is 19.3. The van der Waals surface area contributed by atoms with Crippen molar-refractivity contribution < 1.29 is 9.84 Å². The van der Waals surface area contributed by atoms with E-state index in [1.54, 1.807) is 13.2 Å². The van der Waals surface area contributed by atoms with Gasteiger partial charge in [0.25, 0.3) is 0 Å². The van der Waals surface area contributed by atoms with E-state index in [2.05, 4.69) is 58.3 Å². The Labute approximate surface area is 173 Å². The minimum atomic E-state index is 0.290. The lowest BCUT2D eigenvalue weighted by atomic mass is 9.96. The number of para-hydroxylation sites is 2. The highest BCUT2D eigenvalue weighted by molar-refractivity contribution is 5.58. The third-order valence-electron chi connectivity index (χ3n) is 5.70. The van der Waals surface area contributed by atoms with Crippen LogP contribution < -0.4 is 9.64 Å². The number of anilines is 1. The highest BCUT2D eigenvalue weighted by atomic mass is 16.5. The Bertz CT molecular complexity index is 921. The fraction of sp³-hybridized carbons (Fsp3) is 0.280. The summed E-state index contributed by atoms with van der Waals surface area (Å²) in [6.45, 7) is 3.89. The second kappa shape index (κ2) is 9.01. The predicted molar refractivity (Wildman–Crippen MR) is 118 cm³/mol. The van der Waals surface area contributed by atoms with Crippen molar-refractivity contribution in [3.05, 3.63) is 90.0 Å². The summed E-state index contributed by atoms with van der Waals surface area (Å²) < 4.78 is 5.55. The summed E-state index contributed by atoms with van der Waals surface area (Å²) in [4.78, 5) is 4.97. The van der Waals surface area contributed by atoms with Gasteiger partial charge in [0, 0.05) is 32.2 Å². The topological polar surface area (TPSA) is 35.9 Å². The molecule has 0 aliphatic carbocycles. The molecule has 1 fully saturated rings. The molecule has 0 spiro atoms. The van der Waals surface area contributed by atoms with Crippen molar-refractivity contribution in [1.82, 2.24) is 4.90 Å². The molecule has 0 radical (unpaired) electrons. The number of methoxy groups -OCH3 is 1. The molecule has 3 aromatic rings. The van der Waals surface area contributed by atoms with Gasteiger partial charge in [-0.1, -0.05) is 54.6 Å². The minimum Gasteiger partial charge on any atom is -0.508 e. The van der Waals surface area contributed by atoms with E-state index in [9.17, 15) is 5.11 Å². The first-order valence-corrected chi connectivity index (χ1v) is 10.2. The van der Waals surface area contributed by atoms with Crippen LogP contribution in [0.25, 0.3) is 0 Å². The molecule has 29 heavy (non-hydrogen) atoms. The van der Waals surface area contributed by atoms with Gasteiger partial charge >= 0.3 is 0 Å². The number of ether oxygens (including phenoxy) is 1. The van der Waals surface area contributed by atoms with Crippen LogP contribution in [0.3, 0.4) is 0 Å². The molecule has 1 saturated heterocycles. The lowest BCUT2D eigenvalue weighted by Gasteiger charge is -2.41. The lowest BCUT2D eigenvalue weighted by Crippen LogP contribution is -2.48. The zero-order valence-corrected chi connectivity index (χ0v) is 16.9. The zero-order valence-electron chi connectivity index (χ0n) is 16.9. The Morgan fingerprint density at radius 3 is 2.31 bits per heavy atom. The Hall–Kier alpha value is -2.98. The number of piperazine rings is 1. The predicted octanol–water partition coefficient (Wildman–Crippen LogP) is 4.51. The van der Waals surface area contributed by atoms with Gasteiger partial charge in [-0.15, -0.1) is 0 Å². The highest BCUT2D eigenvalue weighted by Gasteiger charge is 2.26. The van der Waals surface area contributed by atoms with E-state index in [0.29, 0.717) is 5.75 Å². The first-order chi connectivity index (χ1) is 14.2. The van der Waals surface area contributed by atoms with E-state index in [4.69, 9.17) is 4.74 Å². The fourth-order valence-corrected chi connectivity index (χ4v) is 4.21. The molecular weight excluding hydrogens is 360 g/mol. The largest absolute Gasteiger partial charge is 0.508 e. The molecular formula is C25H28N2O2. The van der Waals surface area contributed by atoms with Gasteiger partial charge in [0.15, 0.2) is 0 Å². The summed E-state index contributed by atoms with van der Waals surface area (Å²) in [5.41, 5.74) is 3.64. The van der Waals surface area contributed by atoms with Gasteiger partial charge in [0.1, 0.15) is 11.5 Å². The van der Waals surface area contributed by atoms with Crippen LogP contribution in [0.2, 0.25) is 0 Å². The summed E-state index contributed by atoms with van der Waals surface area (Å²) in [6, 6.07) is 26.9. The minimum absolute atomic E-state index is 0.290. The average molecular weight is 389 g/mol. The smallest absolute Gasteiger partial charge is 0.142 e. The number of hydrogen-bond acceptors (Lipinski definition) is 4. The van der Waals surface area contributed by atoms with Crippen molar-refractivity contribution >= 4 is 5.69 Å². The molecule has 0 amide bonds. The van der Waals surface area contributed by atoms with Crippen LogP contribution in [0.1, 0.15) is 17.2 Å². The Morgan fingerprint density at radius 2 is 1.59 bits per heavy atom. The van der Waals surface area contributed by atoms with E-state index < -0.39 is 0 Å². The van der Waals surface area contributed by atoms with Gasteiger partial charge in [0.05, 0.1) is 12.8 Å². The van der Waals surface area contributed by atoms with Gasteiger partial charge < -0.3 is 14.7 Å². The third-order valence-corrected chi connectivity index (χ3v) is 5.70. The zero-order chi connectivity index (χ0) is 20.1. The Balaban J connectivity index is 1.52. The molecule has 1 N–H and O–H groups in total. The number of benzene rings is 3. The molecule has 3 aromatic carbocycles. The van der Waals surface area contributed by atoms with Crippen LogP contribution in [0.15, 0.2) is 78.9 Å². The van der Waals surface area contributed by atoms with Crippen molar-refractivity contribution in [1.29, 1.82) is 0 Å². The standard InChI is InChI=1S/C25H28N2O2/c1-29-25-13-6-5-12-23(25)26-14-16-27(17-15-26)24(21-9-3-2-4-10-21)19-20-8-7-11-22(28)18-20/h2-13,18,24,28H,14-17,19H2,1H3. The van der Waals surface area contributed by atoms with E-state index in [-0.39, 0.29) is 6.04 Å². The second-order valence-corrected chi connectivity index (χ2v) is 7.50. The Morgan fingerprint density at radius 1 is 0.862 bits per heavy atom. The summed E-state index contributed by atoms with van der Waals surface area (Å²) in [5, 5.41) is 9.88. The fourth-order valence-electron chi connectivity index (χ4n) is 4.21. The molecule has 1 heterocycles. The highest BCUT2D eigenvalue weighted by Crippen LogP contribution is 2.31. The number of hydrogen-bond donors (Lipinski definition) is 1. The summed E-state index contributed by atoms with van der Waals surface area (Å²) in [7, 11) is 1.73. The monoisotopic (exact) mass is 388 g/mol. The van der Waals surface area contributed by atoms with Crippen LogP contribution in [0.4, 0.5) is 5.69 Å². The molecule has 0 bridgehead atoms. The maximum absolute atomic E-state index is 9.88. The van der Waals surface area contributed by atoms with E-state index in [1.807, 2.05) is 24.3 Å². The SMILES string of the molecule is COc1ccccc1N1CCN(C(Cc2cccc(O)c2)c2ccccc2)CC1. The second-order valence-electron chi connectivity index (χ2n) is 7.50. The quantitative estimate of drug-likeness (QED) is 0.674. The van der Waals surface area contributed by atoms with Crippen molar-refractivity contribution in [3.63, 3.8) is 0 Å². The molecule has 1 aliphatic rings. The number of rotatable bonds is 6. The van der Waals surface area contributed by atoms with Crippen molar-refractivity contribution in [2.45, 2.75) is 12.5 Å². The van der Waals surface area contributed by atoms with Crippen molar-refractivity contribution in [2.24, 2.45) is 0 Å². The van der Waals surface area contributed by atoms with Crippen LogP contribution in [-0.4, -0.2) is 43.3 Å². The van der Waals surface area contributed by atoms with Gasteiger partial charge in [-0.2, -0.15) is 0 Å². The number of nitrogens with zero attached hydrogens (tertiary/aromatic N) is 2. The lowest BCUT2D eigenvalue weighted by molar-refractivity contribution is 0.184. The molecule has 0 aromatic heterocycles.